The second kappa shape index (κ2) is 4.21. The Bertz CT molecular complexity index is 285. The fourth-order valence-corrected chi connectivity index (χ4v) is 1.82. The zero-order valence-electron chi connectivity index (χ0n) is 6.53. The molecule has 3 nitrogen and oxygen atoms in total. The lowest BCUT2D eigenvalue weighted by Gasteiger charge is -2.07. The number of nitrogens with two attached hydrogens (primary N) is 1. The molecule has 1 aromatic rings. The number of hydrogen-bond acceptors (Lipinski definition) is 4. The van der Waals surface area contributed by atoms with Crippen LogP contribution in [-0.4, -0.2) is 18.3 Å². The fourth-order valence-electron chi connectivity index (χ4n) is 0.913. The number of aliphatic hydroxyl groups is 1. The highest BCUT2D eigenvalue weighted by atomic mass is 32.1. The maximum Gasteiger partial charge on any atom is 0.110 e. The van der Waals surface area contributed by atoms with E-state index in [0.717, 1.165) is 4.88 Å². The quantitative estimate of drug-likeness (QED) is 0.721. The van der Waals surface area contributed by atoms with Gasteiger partial charge in [-0.3, -0.25) is 0 Å². The van der Waals surface area contributed by atoms with E-state index in [2.05, 4.69) is 0 Å². The van der Waals surface area contributed by atoms with E-state index in [9.17, 15) is 0 Å². The molecule has 3 N–H and O–H groups in total. The molecule has 1 unspecified atom stereocenters. The topological polar surface area (TPSA) is 70.0 Å². The van der Waals surface area contributed by atoms with E-state index in [-0.39, 0.29) is 12.5 Å². The van der Waals surface area contributed by atoms with Gasteiger partial charge >= 0.3 is 0 Å². The highest BCUT2D eigenvalue weighted by Crippen LogP contribution is 2.23. The summed E-state index contributed by atoms with van der Waals surface area (Å²) in [4.78, 5) is 1.65. The van der Waals surface area contributed by atoms with Crippen LogP contribution < -0.4 is 5.73 Å². The van der Waals surface area contributed by atoms with Crippen molar-refractivity contribution in [3.8, 4) is 6.07 Å². The highest BCUT2D eigenvalue weighted by molar-refractivity contribution is 7.12. The summed E-state index contributed by atoms with van der Waals surface area (Å²) in [5, 5.41) is 17.4. The van der Waals surface area contributed by atoms with Crippen LogP contribution in [0.3, 0.4) is 0 Å². The predicted molar refractivity (Wildman–Crippen MR) is 47.9 cm³/mol. The second-order valence-corrected chi connectivity index (χ2v) is 3.54. The Morgan fingerprint density at radius 3 is 2.83 bits per heavy atom. The average Bonchev–Trinajstić information content (AvgIpc) is 2.55. The van der Waals surface area contributed by atoms with Crippen LogP contribution in [0.25, 0.3) is 0 Å². The number of thiophene rings is 1. The fraction of sp³-hybridized carbons (Fsp3) is 0.375. The zero-order chi connectivity index (χ0) is 8.97. The molecule has 1 aromatic heterocycles. The summed E-state index contributed by atoms with van der Waals surface area (Å²) in [6.45, 7) is 0.462. The Morgan fingerprint density at radius 1 is 1.67 bits per heavy atom. The van der Waals surface area contributed by atoms with Gasteiger partial charge in [0.2, 0.25) is 0 Å². The summed E-state index contributed by atoms with van der Waals surface area (Å²) >= 11 is 1.39. The molecular formula is C8H10N2OS. The third-order valence-electron chi connectivity index (χ3n) is 1.64. The second-order valence-electron chi connectivity index (χ2n) is 2.43. The van der Waals surface area contributed by atoms with E-state index in [1.54, 1.807) is 6.07 Å². The number of nitrogens with zero attached hydrogens (tertiary/aromatic N) is 1. The van der Waals surface area contributed by atoms with E-state index >= 15 is 0 Å². The Morgan fingerprint density at radius 2 is 2.42 bits per heavy atom. The highest BCUT2D eigenvalue weighted by Gasteiger charge is 2.10. The number of rotatable bonds is 3. The largest absolute Gasteiger partial charge is 0.396 e. The predicted octanol–water partition coefficient (Wildman–Crippen LogP) is 0.654. The van der Waals surface area contributed by atoms with E-state index in [1.807, 2.05) is 12.1 Å². The summed E-state index contributed by atoms with van der Waals surface area (Å²) in [6.07, 6.45) is 0. The molecule has 64 valence electrons. The molecule has 1 atom stereocenters. The zero-order valence-corrected chi connectivity index (χ0v) is 7.34. The average molecular weight is 182 g/mol. The van der Waals surface area contributed by atoms with Gasteiger partial charge in [-0.05, 0) is 12.1 Å². The van der Waals surface area contributed by atoms with Gasteiger partial charge in [0, 0.05) is 17.3 Å². The number of hydrogen-bond donors (Lipinski definition) is 2. The van der Waals surface area contributed by atoms with Crippen molar-refractivity contribution < 1.29 is 5.11 Å². The van der Waals surface area contributed by atoms with Crippen LogP contribution >= 0.6 is 11.3 Å². The summed E-state index contributed by atoms with van der Waals surface area (Å²) in [5.41, 5.74) is 5.43. The summed E-state index contributed by atoms with van der Waals surface area (Å²) in [5.74, 6) is -0.0166. The molecule has 1 rings (SSSR count). The first-order valence-corrected chi connectivity index (χ1v) is 4.44. The Hall–Kier alpha value is -0.890. The van der Waals surface area contributed by atoms with Crippen molar-refractivity contribution in [3.63, 3.8) is 0 Å². The Kier molecular flexibility index (Phi) is 3.23. The van der Waals surface area contributed by atoms with E-state index in [4.69, 9.17) is 16.1 Å². The van der Waals surface area contributed by atoms with Gasteiger partial charge in [-0.15, -0.1) is 11.3 Å². The molecule has 0 aromatic carbocycles. The van der Waals surface area contributed by atoms with Gasteiger partial charge in [0.05, 0.1) is 6.61 Å². The van der Waals surface area contributed by atoms with Crippen molar-refractivity contribution in [1.29, 1.82) is 5.26 Å². The van der Waals surface area contributed by atoms with Gasteiger partial charge in [-0.1, -0.05) is 0 Å². The molecule has 0 saturated carbocycles. The Labute approximate surface area is 75.1 Å². The monoisotopic (exact) mass is 182 g/mol. The van der Waals surface area contributed by atoms with Crippen LogP contribution in [-0.2, 0) is 0 Å². The van der Waals surface area contributed by atoms with Crippen LogP contribution in [0, 0.1) is 11.3 Å². The van der Waals surface area contributed by atoms with Crippen LogP contribution in [0.1, 0.15) is 15.7 Å². The normalized spacial score (nSPS) is 12.4. The molecule has 0 bridgehead atoms. The molecular weight excluding hydrogens is 172 g/mol. The van der Waals surface area contributed by atoms with Crippen molar-refractivity contribution in [2.75, 3.05) is 13.2 Å². The third kappa shape index (κ3) is 1.83. The first-order chi connectivity index (χ1) is 5.81. The number of nitriles is 1. The van der Waals surface area contributed by atoms with E-state index < -0.39 is 0 Å². The maximum atomic E-state index is 8.91. The van der Waals surface area contributed by atoms with Gasteiger partial charge < -0.3 is 10.8 Å². The molecule has 0 aliphatic heterocycles. The molecule has 0 aliphatic rings. The van der Waals surface area contributed by atoms with E-state index in [1.165, 1.54) is 11.3 Å². The SMILES string of the molecule is N#Cc1ccc(C(CN)CO)s1. The van der Waals surface area contributed by atoms with Gasteiger partial charge in [0.25, 0.3) is 0 Å². The van der Waals surface area contributed by atoms with Crippen molar-refractivity contribution in [3.05, 3.63) is 21.9 Å². The Balaban J connectivity index is 2.81. The third-order valence-corrected chi connectivity index (χ3v) is 2.80. The first-order valence-electron chi connectivity index (χ1n) is 3.62. The lowest BCUT2D eigenvalue weighted by Crippen LogP contribution is -2.14. The maximum absolute atomic E-state index is 8.91. The molecule has 0 amide bonds. The molecule has 1 heterocycles. The first kappa shape index (κ1) is 9.20. The van der Waals surface area contributed by atoms with Crippen LogP contribution in [0.15, 0.2) is 12.1 Å². The standard InChI is InChI=1S/C8H10N2OS/c9-3-6(5-11)8-2-1-7(4-10)12-8/h1-2,6,11H,3,5,9H2. The lowest BCUT2D eigenvalue weighted by atomic mass is 10.1. The number of aliphatic hydroxyl groups excluding tert-OH is 1. The van der Waals surface area contributed by atoms with Gasteiger partial charge in [0.1, 0.15) is 10.9 Å². The minimum atomic E-state index is -0.0166. The van der Waals surface area contributed by atoms with Crippen molar-refractivity contribution >= 4 is 11.3 Å². The smallest absolute Gasteiger partial charge is 0.110 e. The summed E-state index contributed by atoms with van der Waals surface area (Å²) < 4.78 is 0. The molecule has 0 radical (unpaired) electrons. The molecule has 0 aliphatic carbocycles. The van der Waals surface area contributed by atoms with E-state index in [0.29, 0.717) is 11.4 Å². The van der Waals surface area contributed by atoms with Crippen molar-refractivity contribution in [2.45, 2.75) is 5.92 Å². The molecule has 4 heteroatoms. The van der Waals surface area contributed by atoms with Crippen molar-refractivity contribution in [1.82, 2.24) is 0 Å². The minimum Gasteiger partial charge on any atom is -0.396 e. The van der Waals surface area contributed by atoms with Crippen LogP contribution in [0.2, 0.25) is 0 Å². The van der Waals surface area contributed by atoms with Crippen LogP contribution in [0.4, 0.5) is 0 Å². The van der Waals surface area contributed by atoms with Gasteiger partial charge in [-0.25, -0.2) is 0 Å². The molecule has 0 spiro atoms. The van der Waals surface area contributed by atoms with Crippen LogP contribution in [0.5, 0.6) is 0 Å². The van der Waals surface area contributed by atoms with Crippen molar-refractivity contribution in [2.24, 2.45) is 5.73 Å². The molecule has 0 fully saturated rings. The summed E-state index contributed by atoms with van der Waals surface area (Å²) in [6, 6.07) is 5.64. The summed E-state index contributed by atoms with van der Waals surface area (Å²) in [7, 11) is 0. The molecule has 0 saturated heterocycles. The minimum absolute atomic E-state index is 0.0166. The van der Waals surface area contributed by atoms with Gasteiger partial charge in [0.15, 0.2) is 0 Å². The van der Waals surface area contributed by atoms with Gasteiger partial charge in [-0.2, -0.15) is 5.26 Å². The molecule has 12 heavy (non-hydrogen) atoms. The lowest BCUT2D eigenvalue weighted by molar-refractivity contribution is 0.269.